The third-order valence-corrected chi connectivity index (χ3v) is 6.79. The van der Waals surface area contributed by atoms with E-state index in [9.17, 15) is 8.42 Å². The van der Waals surface area contributed by atoms with E-state index in [0.29, 0.717) is 18.1 Å². The zero-order valence-corrected chi connectivity index (χ0v) is 16.1. The van der Waals surface area contributed by atoms with Crippen LogP contribution >= 0.6 is 11.3 Å². The lowest BCUT2D eigenvalue weighted by Crippen LogP contribution is -2.38. The van der Waals surface area contributed by atoms with Gasteiger partial charge in [0.15, 0.2) is 5.82 Å². The molecule has 1 unspecified atom stereocenters. The summed E-state index contributed by atoms with van der Waals surface area (Å²) in [5.41, 5.74) is 0.980. The number of methoxy groups -OCH3 is 1. The predicted molar refractivity (Wildman–Crippen MR) is 99.0 cm³/mol. The van der Waals surface area contributed by atoms with E-state index in [0.717, 1.165) is 35.0 Å². The molecule has 8 nitrogen and oxygen atoms in total. The molecule has 0 bridgehead atoms. The molecule has 3 aromatic rings. The van der Waals surface area contributed by atoms with Crippen molar-refractivity contribution < 1.29 is 13.2 Å². The number of rotatable bonds is 4. The largest absolute Gasteiger partial charge is 0.497 e. The van der Waals surface area contributed by atoms with E-state index < -0.39 is 10.0 Å². The van der Waals surface area contributed by atoms with Gasteiger partial charge >= 0.3 is 0 Å². The number of ether oxygens (including phenoxy) is 1. The average molecular weight is 393 g/mol. The van der Waals surface area contributed by atoms with E-state index in [2.05, 4.69) is 15.3 Å². The van der Waals surface area contributed by atoms with Crippen LogP contribution in [0.5, 0.6) is 5.75 Å². The Morgan fingerprint density at radius 3 is 2.69 bits per heavy atom. The molecule has 1 aromatic carbocycles. The number of piperidine rings is 1. The summed E-state index contributed by atoms with van der Waals surface area (Å²) in [5.74, 6) is 1.52. The molecule has 4 rings (SSSR count). The third kappa shape index (κ3) is 3.19. The summed E-state index contributed by atoms with van der Waals surface area (Å²) >= 11 is 1.46. The smallest absolute Gasteiger partial charge is 0.234 e. The number of aromatic nitrogens is 4. The molecule has 26 heavy (non-hydrogen) atoms. The number of fused-ring (bicyclic) bond motifs is 1. The fourth-order valence-corrected chi connectivity index (χ4v) is 4.95. The van der Waals surface area contributed by atoms with Crippen molar-refractivity contribution in [1.29, 1.82) is 0 Å². The van der Waals surface area contributed by atoms with Crippen LogP contribution in [0.1, 0.15) is 24.6 Å². The van der Waals surface area contributed by atoms with Gasteiger partial charge in [-0.15, -0.1) is 10.2 Å². The van der Waals surface area contributed by atoms with Crippen LogP contribution in [0.4, 0.5) is 0 Å². The van der Waals surface area contributed by atoms with Gasteiger partial charge in [0.05, 0.1) is 13.4 Å². The summed E-state index contributed by atoms with van der Waals surface area (Å²) in [4.78, 5) is 0.710. The molecule has 1 aliphatic rings. The number of benzene rings is 1. The van der Waals surface area contributed by atoms with Gasteiger partial charge in [0.1, 0.15) is 10.8 Å². The first kappa shape index (κ1) is 17.4. The summed E-state index contributed by atoms with van der Waals surface area (Å²) in [6.07, 6.45) is 2.93. The second kappa shape index (κ2) is 6.60. The molecular weight excluding hydrogens is 374 g/mol. The quantitative estimate of drug-likeness (QED) is 0.673. The Morgan fingerprint density at radius 2 is 2.00 bits per heavy atom. The van der Waals surface area contributed by atoms with Crippen molar-refractivity contribution in [2.45, 2.75) is 18.8 Å². The second-order valence-electron chi connectivity index (χ2n) is 6.35. The van der Waals surface area contributed by atoms with Gasteiger partial charge in [0.25, 0.3) is 0 Å². The molecule has 3 heterocycles. The minimum absolute atomic E-state index is 0.000655. The highest BCUT2D eigenvalue weighted by atomic mass is 32.2. The zero-order valence-electron chi connectivity index (χ0n) is 14.5. The maximum absolute atomic E-state index is 11.9. The van der Waals surface area contributed by atoms with Crippen LogP contribution in [0.2, 0.25) is 0 Å². The third-order valence-electron chi connectivity index (χ3n) is 4.57. The molecule has 1 aliphatic heterocycles. The number of hydrogen-bond acceptors (Lipinski definition) is 7. The number of hydrogen-bond donors (Lipinski definition) is 0. The van der Waals surface area contributed by atoms with Crippen molar-refractivity contribution in [1.82, 2.24) is 24.1 Å². The van der Waals surface area contributed by atoms with E-state index in [1.807, 2.05) is 24.3 Å². The Hall–Kier alpha value is -2.04. The Labute approximate surface area is 155 Å². The van der Waals surface area contributed by atoms with Gasteiger partial charge in [-0.1, -0.05) is 11.3 Å². The molecule has 0 amide bonds. The first-order chi connectivity index (χ1) is 12.5. The van der Waals surface area contributed by atoms with Crippen molar-refractivity contribution >= 4 is 26.3 Å². The SMILES string of the molecule is COc1ccc(-c2nn3c(C4CCCN(S(C)(=O)=O)C4)nnc3s2)cc1. The van der Waals surface area contributed by atoms with E-state index in [1.54, 1.807) is 11.6 Å². The topological polar surface area (TPSA) is 89.7 Å². The van der Waals surface area contributed by atoms with Crippen LogP contribution in [-0.2, 0) is 10.0 Å². The lowest BCUT2D eigenvalue weighted by molar-refractivity contribution is 0.309. The Bertz CT molecular complexity index is 1030. The first-order valence-electron chi connectivity index (χ1n) is 8.27. The van der Waals surface area contributed by atoms with Gasteiger partial charge < -0.3 is 4.74 Å². The van der Waals surface area contributed by atoms with E-state index in [1.165, 1.54) is 21.9 Å². The van der Waals surface area contributed by atoms with Crippen LogP contribution in [0.15, 0.2) is 24.3 Å². The van der Waals surface area contributed by atoms with Gasteiger partial charge in [-0.25, -0.2) is 12.7 Å². The van der Waals surface area contributed by atoms with Crippen LogP contribution in [0, 0.1) is 0 Å². The van der Waals surface area contributed by atoms with Crippen molar-refractivity contribution in [3.63, 3.8) is 0 Å². The fourth-order valence-electron chi connectivity index (χ4n) is 3.19. The van der Waals surface area contributed by atoms with Gasteiger partial charge in [0, 0.05) is 24.6 Å². The summed E-state index contributed by atoms with van der Waals surface area (Å²) in [5, 5.41) is 14.0. The van der Waals surface area contributed by atoms with Crippen molar-refractivity contribution in [3.8, 4) is 16.3 Å². The molecule has 0 N–H and O–H groups in total. The molecule has 1 atom stereocenters. The van der Waals surface area contributed by atoms with Crippen LogP contribution < -0.4 is 4.74 Å². The highest BCUT2D eigenvalue weighted by Gasteiger charge is 2.30. The highest BCUT2D eigenvalue weighted by molar-refractivity contribution is 7.88. The summed E-state index contributed by atoms with van der Waals surface area (Å²) < 4.78 is 32.2. The Kier molecular flexibility index (Phi) is 4.41. The molecular formula is C16H19N5O3S2. The van der Waals surface area contributed by atoms with Crippen LogP contribution in [0.25, 0.3) is 15.5 Å². The van der Waals surface area contributed by atoms with Gasteiger partial charge in [0.2, 0.25) is 15.0 Å². The van der Waals surface area contributed by atoms with E-state index in [4.69, 9.17) is 4.74 Å². The number of sulfonamides is 1. The molecule has 1 fully saturated rings. The Balaban J connectivity index is 1.65. The fraction of sp³-hybridized carbons (Fsp3) is 0.438. The van der Waals surface area contributed by atoms with Gasteiger partial charge in [-0.3, -0.25) is 0 Å². The summed E-state index contributed by atoms with van der Waals surface area (Å²) in [6, 6.07) is 7.69. The second-order valence-corrected chi connectivity index (χ2v) is 9.29. The van der Waals surface area contributed by atoms with Crippen molar-refractivity contribution in [2.24, 2.45) is 0 Å². The van der Waals surface area contributed by atoms with Crippen molar-refractivity contribution in [2.75, 3.05) is 26.5 Å². The Morgan fingerprint density at radius 1 is 1.23 bits per heavy atom. The molecule has 0 radical (unpaired) electrons. The van der Waals surface area contributed by atoms with Crippen LogP contribution in [-0.4, -0.2) is 59.0 Å². The van der Waals surface area contributed by atoms with Gasteiger partial charge in [-0.2, -0.15) is 9.61 Å². The minimum Gasteiger partial charge on any atom is -0.497 e. The van der Waals surface area contributed by atoms with Gasteiger partial charge in [-0.05, 0) is 37.1 Å². The monoisotopic (exact) mass is 393 g/mol. The highest BCUT2D eigenvalue weighted by Crippen LogP contribution is 2.31. The molecule has 2 aromatic heterocycles. The van der Waals surface area contributed by atoms with E-state index in [-0.39, 0.29) is 5.92 Å². The zero-order chi connectivity index (χ0) is 18.3. The molecule has 0 aliphatic carbocycles. The first-order valence-corrected chi connectivity index (χ1v) is 10.9. The van der Waals surface area contributed by atoms with Crippen LogP contribution in [0.3, 0.4) is 0 Å². The molecule has 10 heteroatoms. The molecule has 0 spiro atoms. The van der Waals surface area contributed by atoms with E-state index >= 15 is 0 Å². The lowest BCUT2D eigenvalue weighted by atomic mass is 9.99. The number of nitrogens with zero attached hydrogens (tertiary/aromatic N) is 5. The van der Waals surface area contributed by atoms with Crippen molar-refractivity contribution in [3.05, 3.63) is 30.1 Å². The molecule has 1 saturated heterocycles. The average Bonchev–Trinajstić information content (AvgIpc) is 3.22. The summed E-state index contributed by atoms with van der Waals surface area (Å²) in [6.45, 7) is 0.987. The predicted octanol–water partition coefficient (Wildman–Crippen LogP) is 2.00. The molecule has 0 saturated carbocycles. The lowest BCUT2D eigenvalue weighted by Gasteiger charge is -2.29. The molecule has 138 valence electrons. The summed E-state index contributed by atoms with van der Waals surface area (Å²) in [7, 11) is -1.57. The maximum atomic E-state index is 11.9. The minimum atomic E-state index is -3.20. The standard InChI is InChI=1S/C16H19N5O3S2/c1-24-13-7-5-11(6-8-13)15-19-21-14(17-18-16(21)25-15)12-4-3-9-20(10-12)26(2,22)23/h5-8,12H,3-4,9-10H2,1-2H3. The maximum Gasteiger partial charge on any atom is 0.234 e. The normalized spacial score (nSPS) is 19.1.